The number of unbranched alkanes of at least 4 members (excludes halogenated alkanes) is 1. The first-order valence-electron chi connectivity index (χ1n) is 3.95. The Morgan fingerprint density at radius 1 is 1.55 bits per heavy atom. The fraction of sp³-hybridized carbons (Fsp3) is 0.625. The molecule has 62 valence electrons. The molecule has 1 aromatic heterocycles. The lowest BCUT2D eigenvalue weighted by Crippen LogP contribution is -2.07. The SMILES string of the molecule is CNCCCCc1cncs1. The van der Waals surface area contributed by atoms with E-state index in [-0.39, 0.29) is 0 Å². The Balaban J connectivity index is 2.04. The molecule has 0 aromatic carbocycles. The van der Waals surface area contributed by atoms with Crippen molar-refractivity contribution in [2.45, 2.75) is 19.3 Å². The van der Waals surface area contributed by atoms with Crippen LogP contribution in [0.5, 0.6) is 0 Å². The van der Waals surface area contributed by atoms with E-state index in [9.17, 15) is 0 Å². The second-order valence-electron chi connectivity index (χ2n) is 2.53. The van der Waals surface area contributed by atoms with Gasteiger partial charge in [-0.1, -0.05) is 0 Å². The number of nitrogens with zero attached hydrogens (tertiary/aromatic N) is 1. The van der Waals surface area contributed by atoms with Gasteiger partial charge in [0.05, 0.1) is 5.51 Å². The quantitative estimate of drug-likeness (QED) is 0.680. The molecule has 0 aliphatic carbocycles. The highest BCUT2D eigenvalue weighted by atomic mass is 32.1. The third-order valence-corrected chi connectivity index (χ3v) is 2.42. The normalized spacial score (nSPS) is 10.3. The van der Waals surface area contributed by atoms with E-state index in [0.29, 0.717) is 0 Å². The van der Waals surface area contributed by atoms with Gasteiger partial charge in [-0.15, -0.1) is 11.3 Å². The van der Waals surface area contributed by atoms with Crippen LogP contribution in [0.15, 0.2) is 11.7 Å². The minimum absolute atomic E-state index is 1.12. The summed E-state index contributed by atoms with van der Waals surface area (Å²) >= 11 is 1.75. The monoisotopic (exact) mass is 170 g/mol. The Morgan fingerprint density at radius 2 is 2.45 bits per heavy atom. The van der Waals surface area contributed by atoms with Crippen molar-refractivity contribution in [3.63, 3.8) is 0 Å². The Morgan fingerprint density at radius 3 is 3.09 bits per heavy atom. The molecule has 0 amide bonds. The maximum absolute atomic E-state index is 4.02. The molecule has 0 aliphatic heterocycles. The van der Waals surface area contributed by atoms with Crippen molar-refractivity contribution in [1.29, 1.82) is 0 Å². The van der Waals surface area contributed by atoms with Gasteiger partial charge in [0.1, 0.15) is 0 Å². The summed E-state index contributed by atoms with van der Waals surface area (Å²) in [6.07, 6.45) is 5.67. The van der Waals surface area contributed by atoms with Gasteiger partial charge in [-0.2, -0.15) is 0 Å². The van der Waals surface area contributed by atoms with Gasteiger partial charge < -0.3 is 5.32 Å². The van der Waals surface area contributed by atoms with E-state index >= 15 is 0 Å². The van der Waals surface area contributed by atoms with Gasteiger partial charge in [0.15, 0.2) is 0 Å². The van der Waals surface area contributed by atoms with Crippen molar-refractivity contribution in [3.05, 3.63) is 16.6 Å². The number of hydrogen-bond donors (Lipinski definition) is 1. The maximum Gasteiger partial charge on any atom is 0.0794 e. The number of thiazole rings is 1. The summed E-state index contributed by atoms with van der Waals surface area (Å²) in [4.78, 5) is 5.43. The molecule has 0 spiro atoms. The van der Waals surface area contributed by atoms with Gasteiger partial charge in [-0.05, 0) is 32.9 Å². The third-order valence-electron chi connectivity index (χ3n) is 1.58. The summed E-state index contributed by atoms with van der Waals surface area (Å²) in [6, 6.07) is 0. The molecule has 1 rings (SSSR count). The van der Waals surface area contributed by atoms with Crippen LogP contribution in [-0.4, -0.2) is 18.6 Å². The van der Waals surface area contributed by atoms with Crippen molar-refractivity contribution < 1.29 is 0 Å². The van der Waals surface area contributed by atoms with E-state index in [2.05, 4.69) is 10.3 Å². The van der Waals surface area contributed by atoms with Crippen LogP contribution in [0, 0.1) is 0 Å². The summed E-state index contributed by atoms with van der Waals surface area (Å²) in [7, 11) is 1.99. The summed E-state index contributed by atoms with van der Waals surface area (Å²) in [6.45, 7) is 1.12. The first-order chi connectivity index (χ1) is 5.43. The van der Waals surface area contributed by atoms with Gasteiger partial charge in [-0.25, -0.2) is 0 Å². The first-order valence-corrected chi connectivity index (χ1v) is 4.83. The van der Waals surface area contributed by atoms with Crippen molar-refractivity contribution in [1.82, 2.24) is 10.3 Å². The molecular weight excluding hydrogens is 156 g/mol. The minimum atomic E-state index is 1.12. The molecule has 0 bridgehead atoms. The lowest BCUT2D eigenvalue weighted by molar-refractivity contribution is 0.680. The maximum atomic E-state index is 4.02. The Hall–Kier alpha value is -0.410. The van der Waals surface area contributed by atoms with Crippen molar-refractivity contribution >= 4 is 11.3 Å². The molecule has 1 heterocycles. The average molecular weight is 170 g/mol. The lowest BCUT2D eigenvalue weighted by Gasteiger charge is -1.96. The topological polar surface area (TPSA) is 24.9 Å². The molecule has 0 radical (unpaired) electrons. The van der Waals surface area contributed by atoms with Gasteiger partial charge in [0.25, 0.3) is 0 Å². The number of hydrogen-bond acceptors (Lipinski definition) is 3. The molecule has 1 N–H and O–H groups in total. The van der Waals surface area contributed by atoms with Crippen LogP contribution in [0.25, 0.3) is 0 Å². The third kappa shape index (κ3) is 3.49. The van der Waals surface area contributed by atoms with E-state index in [0.717, 1.165) is 6.54 Å². The Bertz CT molecular complexity index is 172. The zero-order chi connectivity index (χ0) is 7.94. The smallest absolute Gasteiger partial charge is 0.0794 e. The fourth-order valence-electron chi connectivity index (χ4n) is 0.967. The molecule has 11 heavy (non-hydrogen) atoms. The van der Waals surface area contributed by atoms with Gasteiger partial charge in [0.2, 0.25) is 0 Å². The first kappa shape index (κ1) is 8.68. The van der Waals surface area contributed by atoms with E-state index in [1.165, 1.54) is 24.1 Å². The standard InChI is InChI=1S/C8H14N2S/c1-9-5-3-2-4-8-6-10-7-11-8/h6-7,9H,2-5H2,1H3. The zero-order valence-electron chi connectivity index (χ0n) is 6.84. The molecule has 1 aromatic rings. The highest BCUT2D eigenvalue weighted by Gasteiger charge is 1.93. The second kappa shape index (κ2) is 5.27. The van der Waals surface area contributed by atoms with Crippen LogP contribution < -0.4 is 5.32 Å². The van der Waals surface area contributed by atoms with Crippen LogP contribution in [0.4, 0.5) is 0 Å². The van der Waals surface area contributed by atoms with E-state index in [1.807, 2.05) is 18.8 Å². The highest BCUT2D eigenvalue weighted by molar-refractivity contribution is 7.09. The van der Waals surface area contributed by atoms with Crippen LogP contribution in [-0.2, 0) is 6.42 Å². The molecule has 0 atom stereocenters. The number of aryl methyl sites for hydroxylation is 1. The molecular formula is C8H14N2S. The predicted molar refractivity (Wildman–Crippen MR) is 49.0 cm³/mol. The largest absolute Gasteiger partial charge is 0.320 e. The summed E-state index contributed by atoms with van der Waals surface area (Å²) < 4.78 is 0. The zero-order valence-corrected chi connectivity index (χ0v) is 7.66. The van der Waals surface area contributed by atoms with Crippen LogP contribution in [0.2, 0.25) is 0 Å². The molecule has 0 saturated carbocycles. The van der Waals surface area contributed by atoms with E-state index < -0.39 is 0 Å². The van der Waals surface area contributed by atoms with E-state index in [4.69, 9.17) is 0 Å². The highest BCUT2D eigenvalue weighted by Crippen LogP contribution is 2.08. The van der Waals surface area contributed by atoms with E-state index in [1.54, 1.807) is 11.3 Å². The summed E-state index contributed by atoms with van der Waals surface area (Å²) in [5.41, 5.74) is 1.90. The number of rotatable bonds is 5. The fourth-order valence-corrected chi connectivity index (χ4v) is 1.61. The van der Waals surface area contributed by atoms with Crippen molar-refractivity contribution in [2.75, 3.05) is 13.6 Å². The Kier molecular flexibility index (Phi) is 4.16. The molecule has 2 nitrogen and oxygen atoms in total. The van der Waals surface area contributed by atoms with Crippen LogP contribution >= 0.6 is 11.3 Å². The minimum Gasteiger partial charge on any atom is -0.320 e. The summed E-state index contributed by atoms with van der Waals surface area (Å²) in [5, 5.41) is 3.14. The Labute approximate surface area is 71.7 Å². The van der Waals surface area contributed by atoms with Crippen molar-refractivity contribution in [3.8, 4) is 0 Å². The van der Waals surface area contributed by atoms with Crippen molar-refractivity contribution in [2.24, 2.45) is 0 Å². The molecule has 0 saturated heterocycles. The van der Waals surface area contributed by atoms with Crippen LogP contribution in [0.3, 0.4) is 0 Å². The summed E-state index contributed by atoms with van der Waals surface area (Å²) in [5.74, 6) is 0. The predicted octanol–water partition coefficient (Wildman–Crippen LogP) is 1.69. The van der Waals surface area contributed by atoms with Gasteiger partial charge >= 0.3 is 0 Å². The molecule has 0 unspecified atom stereocenters. The average Bonchev–Trinajstić information content (AvgIpc) is 2.50. The second-order valence-corrected chi connectivity index (χ2v) is 3.50. The molecule has 3 heteroatoms. The van der Waals surface area contributed by atoms with Crippen LogP contribution in [0.1, 0.15) is 17.7 Å². The molecule has 0 fully saturated rings. The lowest BCUT2D eigenvalue weighted by atomic mass is 10.2. The molecule has 0 aliphatic rings. The van der Waals surface area contributed by atoms with Gasteiger partial charge in [-0.3, -0.25) is 4.98 Å². The number of aromatic nitrogens is 1. The number of nitrogens with one attached hydrogen (secondary N) is 1. The van der Waals surface area contributed by atoms with Gasteiger partial charge in [0, 0.05) is 11.1 Å².